The van der Waals surface area contributed by atoms with Gasteiger partial charge >= 0.3 is 0 Å². The maximum absolute atomic E-state index is 12.2. The molecule has 2 heterocycles. The zero-order chi connectivity index (χ0) is 19.9. The van der Waals surface area contributed by atoms with Crippen molar-refractivity contribution in [2.24, 2.45) is 5.41 Å². The maximum atomic E-state index is 12.2. The number of nitrogens with zero attached hydrogens (tertiary/aromatic N) is 2. The van der Waals surface area contributed by atoms with E-state index >= 15 is 0 Å². The van der Waals surface area contributed by atoms with E-state index in [0.717, 1.165) is 47.2 Å². The van der Waals surface area contributed by atoms with Crippen LogP contribution in [-0.2, 0) is 17.6 Å². The molecule has 28 heavy (non-hydrogen) atoms. The fraction of sp³-hybridized carbons (Fsp3) is 0.455. The Morgan fingerprint density at radius 1 is 1.32 bits per heavy atom. The number of carbonyl (C=O) groups is 1. The number of carbonyl (C=O) groups excluding carboxylic acids is 1. The van der Waals surface area contributed by atoms with E-state index in [1.807, 2.05) is 25.1 Å². The number of anilines is 1. The smallest absolute Gasteiger partial charge is 0.226 e. The van der Waals surface area contributed by atoms with Gasteiger partial charge in [-0.15, -0.1) is 0 Å². The van der Waals surface area contributed by atoms with Crippen molar-refractivity contribution in [1.82, 2.24) is 15.2 Å². The normalized spacial score (nSPS) is 15.6. The van der Waals surface area contributed by atoms with Crippen molar-refractivity contribution < 1.29 is 9.90 Å². The average Bonchev–Trinajstić information content (AvgIpc) is 3.27. The molecular formula is C22H28N4O2. The number of benzene rings is 1. The third-order valence-electron chi connectivity index (χ3n) is 5.76. The topological polar surface area (TPSA) is 85.0 Å². The standard InChI is InChI=1S/C22H28N4O2/c1-4-20(28)26(9-10-27)15-6-5-14-11-18(23-17(14)12-15)21-16-7-8-22(2,3)13-19(16)24-25-21/h5-6,11-12,23,27H,4,7-10,13H2,1-3H3,(H,24,25). The molecule has 0 saturated carbocycles. The molecule has 2 aromatic heterocycles. The van der Waals surface area contributed by atoms with E-state index in [1.165, 1.54) is 11.3 Å². The highest BCUT2D eigenvalue weighted by atomic mass is 16.3. The number of aromatic amines is 2. The van der Waals surface area contributed by atoms with Crippen LogP contribution < -0.4 is 4.90 Å². The van der Waals surface area contributed by atoms with E-state index in [9.17, 15) is 9.90 Å². The molecule has 1 amide bonds. The number of rotatable bonds is 5. The van der Waals surface area contributed by atoms with E-state index in [2.05, 4.69) is 35.1 Å². The fourth-order valence-electron chi connectivity index (χ4n) is 4.17. The number of nitrogens with one attached hydrogen (secondary N) is 2. The van der Waals surface area contributed by atoms with E-state index < -0.39 is 0 Å². The van der Waals surface area contributed by atoms with Crippen LogP contribution in [0.5, 0.6) is 0 Å². The number of H-pyrrole nitrogens is 2. The largest absolute Gasteiger partial charge is 0.395 e. The second kappa shape index (κ2) is 7.09. The van der Waals surface area contributed by atoms with Gasteiger partial charge in [-0.3, -0.25) is 9.89 Å². The molecule has 0 spiro atoms. The molecule has 0 saturated heterocycles. The van der Waals surface area contributed by atoms with Crippen molar-refractivity contribution in [2.45, 2.75) is 46.5 Å². The number of aromatic nitrogens is 3. The molecule has 0 unspecified atom stereocenters. The third kappa shape index (κ3) is 3.33. The Morgan fingerprint density at radius 3 is 2.89 bits per heavy atom. The summed E-state index contributed by atoms with van der Waals surface area (Å²) in [6, 6.07) is 8.05. The Kier molecular flexibility index (Phi) is 4.75. The van der Waals surface area contributed by atoms with Gasteiger partial charge in [-0.05, 0) is 42.9 Å². The first kappa shape index (κ1) is 18.7. The monoisotopic (exact) mass is 380 g/mol. The maximum Gasteiger partial charge on any atom is 0.226 e. The first-order valence-corrected chi connectivity index (χ1v) is 10.0. The van der Waals surface area contributed by atoms with Gasteiger partial charge in [0.1, 0.15) is 5.69 Å². The molecule has 4 rings (SSSR count). The van der Waals surface area contributed by atoms with Crippen LogP contribution in [0.4, 0.5) is 5.69 Å². The molecule has 0 bridgehead atoms. The lowest BCUT2D eigenvalue weighted by molar-refractivity contribution is -0.118. The third-order valence-corrected chi connectivity index (χ3v) is 5.76. The van der Waals surface area contributed by atoms with Gasteiger partial charge in [0.05, 0.1) is 12.3 Å². The summed E-state index contributed by atoms with van der Waals surface area (Å²) < 4.78 is 0. The molecule has 1 aliphatic carbocycles. The minimum Gasteiger partial charge on any atom is -0.395 e. The van der Waals surface area contributed by atoms with Crippen molar-refractivity contribution in [3.63, 3.8) is 0 Å². The Balaban J connectivity index is 1.70. The number of aliphatic hydroxyl groups excluding tert-OH is 1. The molecule has 148 valence electrons. The second-order valence-electron chi connectivity index (χ2n) is 8.45. The van der Waals surface area contributed by atoms with Crippen molar-refractivity contribution in [3.8, 4) is 11.4 Å². The van der Waals surface area contributed by atoms with E-state index in [-0.39, 0.29) is 12.5 Å². The van der Waals surface area contributed by atoms with Crippen LogP contribution >= 0.6 is 0 Å². The van der Waals surface area contributed by atoms with Crippen LogP contribution in [0.25, 0.3) is 22.3 Å². The molecule has 0 radical (unpaired) electrons. The van der Waals surface area contributed by atoms with Crippen LogP contribution in [0.1, 0.15) is 44.9 Å². The van der Waals surface area contributed by atoms with Crippen molar-refractivity contribution >= 4 is 22.5 Å². The molecule has 3 aromatic rings. The minimum atomic E-state index is -0.0600. The zero-order valence-corrected chi connectivity index (χ0v) is 16.8. The quantitative estimate of drug-likeness (QED) is 0.629. The van der Waals surface area contributed by atoms with Gasteiger partial charge in [0.2, 0.25) is 5.91 Å². The van der Waals surface area contributed by atoms with Gasteiger partial charge < -0.3 is 15.0 Å². The summed E-state index contributed by atoms with van der Waals surface area (Å²) in [7, 11) is 0. The SMILES string of the molecule is CCC(=O)N(CCO)c1ccc2cc(-c3n[nH]c4c3CCC(C)(C)C4)[nH]c2c1. The molecule has 3 N–H and O–H groups in total. The van der Waals surface area contributed by atoms with E-state index in [0.29, 0.717) is 18.4 Å². The Morgan fingerprint density at radius 2 is 2.14 bits per heavy atom. The first-order valence-electron chi connectivity index (χ1n) is 10.0. The lowest BCUT2D eigenvalue weighted by Gasteiger charge is -2.28. The molecule has 0 aliphatic heterocycles. The minimum absolute atomic E-state index is 0.00386. The average molecular weight is 380 g/mol. The van der Waals surface area contributed by atoms with Crippen LogP contribution in [0.15, 0.2) is 24.3 Å². The summed E-state index contributed by atoms with van der Waals surface area (Å²) in [5.41, 5.74) is 6.64. The van der Waals surface area contributed by atoms with Gasteiger partial charge in [0.15, 0.2) is 0 Å². The second-order valence-corrected chi connectivity index (χ2v) is 8.45. The van der Waals surface area contributed by atoms with Crippen LogP contribution in [0.2, 0.25) is 0 Å². The van der Waals surface area contributed by atoms with Gasteiger partial charge in [0.25, 0.3) is 0 Å². The van der Waals surface area contributed by atoms with Crippen LogP contribution in [0, 0.1) is 5.41 Å². The Labute approximate surface area is 165 Å². The predicted molar refractivity (Wildman–Crippen MR) is 111 cm³/mol. The van der Waals surface area contributed by atoms with Gasteiger partial charge in [-0.1, -0.05) is 26.8 Å². The van der Waals surface area contributed by atoms with Gasteiger partial charge in [0, 0.05) is 40.8 Å². The molecule has 0 atom stereocenters. The Hall–Kier alpha value is -2.60. The summed E-state index contributed by atoms with van der Waals surface area (Å²) in [6.07, 6.45) is 3.62. The van der Waals surface area contributed by atoms with Crippen molar-refractivity contribution in [3.05, 3.63) is 35.5 Å². The predicted octanol–water partition coefficient (Wildman–Crippen LogP) is 3.81. The highest BCUT2D eigenvalue weighted by Crippen LogP contribution is 2.38. The summed E-state index contributed by atoms with van der Waals surface area (Å²) in [4.78, 5) is 17.4. The first-order chi connectivity index (χ1) is 13.4. The van der Waals surface area contributed by atoms with Gasteiger partial charge in [-0.25, -0.2) is 0 Å². The molecule has 1 aliphatic rings. The number of hydrogen-bond acceptors (Lipinski definition) is 3. The molecule has 0 fully saturated rings. The molecule has 6 nitrogen and oxygen atoms in total. The molecule has 6 heteroatoms. The van der Waals surface area contributed by atoms with Crippen LogP contribution in [0.3, 0.4) is 0 Å². The van der Waals surface area contributed by atoms with Crippen molar-refractivity contribution in [1.29, 1.82) is 0 Å². The zero-order valence-electron chi connectivity index (χ0n) is 16.8. The van der Waals surface area contributed by atoms with E-state index in [4.69, 9.17) is 0 Å². The number of aliphatic hydroxyl groups is 1. The highest BCUT2D eigenvalue weighted by Gasteiger charge is 2.29. The lowest BCUT2D eigenvalue weighted by Crippen LogP contribution is -2.32. The fourth-order valence-corrected chi connectivity index (χ4v) is 4.17. The molecular weight excluding hydrogens is 352 g/mol. The summed E-state index contributed by atoms with van der Waals surface area (Å²) in [6.45, 7) is 6.68. The van der Waals surface area contributed by atoms with E-state index in [1.54, 1.807) is 4.90 Å². The summed E-state index contributed by atoms with van der Waals surface area (Å²) >= 11 is 0. The highest BCUT2D eigenvalue weighted by molar-refractivity contribution is 5.96. The Bertz CT molecular complexity index is 1010. The number of amides is 1. The number of hydrogen-bond donors (Lipinski definition) is 3. The summed E-state index contributed by atoms with van der Waals surface area (Å²) in [5, 5.41) is 18.3. The summed E-state index contributed by atoms with van der Waals surface area (Å²) in [5.74, 6) is 0.00386. The lowest BCUT2D eigenvalue weighted by atomic mass is 9.76. The van der Waals surface area contributed by atoms with Crippen molar-refractivity contribution in [2.75, 3.05) is 18.1 Å². The molecule has 1 aromatic carbocycles. The van der Waals surface area contributed by atoms with Crippen LogP contribution in [-0.4, -0.2) is 39.3 Å². The number of fused-ring (bicyclic) bond motifs is 2. The van der Waals surface area contributed by atoms with Gasteiger partial charge in [-0.2, -0.15) is 5.10 Å².